The number of fused-ring (bicyclic) bond motifs is 1. The van der Waals surface area contributed by atoms with Crippen molar-refractivity contribution in [2.45, 2.75) is 6.18 Å². The van der Waals surface area contributed by atoms with Gasteiger partial charge in [-0.05, 0) is 30.3 Å². The number of benzene rings is 2. The lowest BCUT2D eigenvalue weighted by molar-refractivity contribution is -0.137. The van der Waals surface area contributed by atoms with E-state index < -0.39 is 11.7 Å². The Kier molecular flexibility index (Phi) is 4.64. The lowest BCUT2D eigenvalue weighted by Crippen LogP contribution is -2.46. The Morgan fingerprint density at radius 2 is 1.48 bits per heavy atom. The van der Waals surface area contributed by atoms with Crippen molar-refractivity contribution >= 4 is 45.6 Å². The highest BCUT2D eigenvalue weighted by atomic mass is 35.5. The molecule has 0 amide bonds. The van der Waals surface area contributed by atoms with Crippen LogP contribution >= 0.6 is 23.2 Å². The third-order valence-electron chi connectivity index (χ3n) is 4.81. The minimum Gasteiger partial charge on any atom is -0.366 e. The normalized spacial score (nSPS) is 15.6. The van der Waals surface area contributed by atoms with Crippen LogP contribution in [0.15, 0.2) is 42.5 Å². The average Bonchev–Trinajstić information content (AvgIpc) is 3.04. The second-order valence-electron chi connectivity index (χ2n) is 6.50. The maximum absolute atomic E-state index is 12.9. The van der Waals surface area contributed by atoms with E-state index >= 15 is 0 Å². The Bertz CT molecular complexity index is 956. The Hall–Kier alpha value is -2.05. The van der Waals surface area contributed by atoms with Gasteiger partial charge in [0.25, 0.3) is 0 Å². The van der Waals surface area contributed by atoms with Crippen molar-refractivity contribution in [3.8, 4) is 0 Å². The van der Waals surface area contributed by atoms with E-state index in [1.807, 2.05) is 24.3 Å². The first-order valence-corrected chi connectivity index (χ1v) is 9.22. The topological polar surface area (TPSA) is 22.3 Å². The summed E-state index contributed by atoms with van der Waals surface area (Å²) >= 11 is 12.6. The van der Waals surface area contributed by atoms with Crippen molar-refractivity contribution in [1.29, 1.82) is 0 Å². The number of piperazine rings is 1. The second kappa shape index (κ2) is 6.84. The lowest BCUT2D eigenvalue weighted by Gasteiger charge is -2.37. The number of nitrogens with one attached hydrogen (secondary N) is 1. The molecule has 0 aliphatic carbocycles. The summed E-state index contributed by atoms with van der Waals surface area (Å²) in [5.74, 6) is 0.814. The van der Waals surface area contributed by atoms with Gasteiger partial charge >= 0.3 is 6.18 Å². The molecule has 1 N–H and O–H groups in total. The zero-order valence-electron chi connectivity index (χ0n) is 14.2. The van der Waals surface area contributed by atoms with Crippen molar-refractivity contribution in [1.82, 2.24) is 4.98 Å². The fourth-order valence-corrected chi connectivity index (χ4v) is 4.06. The van der Waals surface area contributed by atoms with Gasteiger partial charge in [-0.3, -0.25) is 0 Å². The van der Waals surface area contributed by atoms with E-state index in [0.29, 0.717) is 41.7 Å². The van der Waals surface area contributed by atoms with Crippen LogP contribution in [0, 0.1) is 0 Å². The van der Waals surface area contributed by atoms with Gasteiger partial charge < -0.3 is 14.8 Å². The summed E-state index contributed by atoms with van der Waals surface area (Å²) in [4.78, 5) is 7.36. The van der Waals surface area contributed by atoms with Gasteiger partial charge in [0.1, 0.15) is 5.82 Å². The van der Waals surface area contributed by atoms with Crippen LogP contribution in [0.4, 0.5) is 24.7 Å². The number of hydrogen-bond donors (Lipinski definition) is 1. The minimum absolute atomic E-state index is 0.483. The number of nitrogens with zero attached hydrogens (tertiary/aromatic N) is 2. The molecule has 1 fully saturated rings. The van der Waals surface area contributed by atoms with Crippen molar-refractivity contribution in [2.75, 3.05) is 36.0 Å². The molecular formula is C19H16Cl2F3N3. The van der Waals surface area contributed by atoms with Crippen LogP contribution in [0.5, 0.6) is 0 Å². The van der Waals surface area contributed by atoms with Gasteiger partial charge in [0.15, 0.2) is 0 Å². The van der Waals surface area contributed by atoms with Crippen molar-refractivity contribution in [3.05, 3.63) is 58.1 Å². The Balaban J connectivity index is 1.53. The predicted octanol–water partition coefficient (Wildman–Crippen LogP) is 5.82. The van der Waals surface area contributed by atoms with Crippen LogP contribution in [0.25, 0.3) is 10.9 Å². The molecule has 8 heteroatoms. The molecule has 27 heavy (non-hydrogen) atoms. The largest absolute Gasteiger partial charge is 0.416 e. The highest BCUT2D eigenvalue weighted by Crippen LogP contribution is 2.35. The van der Waals surface area contributed by atoms with Gasteiger partial charge in [-0.2, -0.15) is 13.2 Å². The molecule has 3 aromatic rings. The van der Waals surface area contributed by atoms with Crippen LogP contribution in [-0.2, 0) is 6.18 Å². The van der Waals surface area contributed by atoms with Gasteiger partial charge in [-0.1, -0.05) is 35.3 Å². The van der Waals surface area contributed by atoms with Crippen LogP contribution in [0.3, 0.4) is 0 Å². The zero-order valence-corrected chi connectivity index (χ0v) is 15.7. The smallest absolute Gasteiger partial charge is 0.366 e. The molecule has 4 rings (SSSR count). The maximum Gasteiger partial charge on any atom is 0.416 e. The summed E-state index contributed by atoms with van der Waals surface area (Å²) < 4.78 is 38.7. The number of aromatic nitrogens is 1. The molecule has 3 nitrogen and oxygen atoms in total. The fourth-order valence-electron chi connectivity index (χ4n) is 3.42. The highest BCUT2D eigenvalue weighted by Gasteiger charge is 2.30. The molecule has 0 bridgehead atoms. The van der Waals surface area contributed by atoms with Gasteiger partial charge in [0.2, 0.25) is 0 Å². The van der Waals surface area contributed by atoms with E-state index in [9.17, 15) is 13.2 Å². The van der Waals surface area contributed by atoms with Crippen LogP contribution in [0.1, 0.15) is 5.56 Å². The first-order chi connectivity index (χ1) is 12.8. The number of rotatable bonds is 2. The quantitative estimate of drug-likeness (QED) is 0.571. The Labute approximate surface area is 164 Å². The van der Waals surface area contributed by atoms with E-state index in [1.165, 1.54) is 6.07 Å². The summed E-state index contributed by atoms with van der Waals surface area (Å²) in [6.07, 6.45) is -4.35. The number of H-pyrrole nitrogens is 1. The number of alkyl halides is 3. The third kappa shape index (κ3) is 3.56. The molecule has 0 radical (unpaired) electrons. The summed E-state index contributed by atoms with van der Waals surface area (Å²) in [7, 11) is 0. The molecule has 1 aliphatic rings. The summed E-state index contributed by atoms with van der Waals surface area (Å²) in [5, 5.41) is 1.98. The van der Waals surface area contributed by atoms with Crippen LogP contribution in [0.2, 0.25) is 10.0 Å². The van der Waals surface area contributed by atoms with Gasteiger partial charge in [0, 0.05) is 37.1 Å². The SMILES string of the molecule is FC(F)(F)c1ccc2cc(N3CCN(c4c(Cl)cccc4Cl)CC3)[nH]c2c1. The maximum atomic E-state index is 12.9. The van der Waals surface area contributed by atoms with Crippen LogP contribution < -0.4 is 9.80 Å². The van der Waals surface area contributed by atoms with E-state index in [-0.39, 0.29) is 0 Å². The Morgan fingerprint density at radius 1 is 0.852 bits per heavy atom. The molecule has 142 valence electrons. The molecule has 2 heterocycles. The van der Waals surface area contributed by atoms with Crippen molar-refractivity contribution in [3.63, 3.8) is 0 Å². The van der Waals surface area contributed by atoms with Crippen molar-refractivity contribution in [2.24, 2.45) is 0 Å². The molecule has 2 aromatic carbocycles. The first-order valence-electron chi connectivity index (χ1n) is 8.47. The first kappa shape index (κ1) is 18.3. The number of hydrogen-bond acceptors (Lipinski definition) is 2. The monoisotopic (exact) mass is 413 g/mol. The molecule has 0 saturated carbocycles. The van der Waals surface area contributed by atoms with Gasteiger partial charge in [-0.15, -0.1) is 0 Å². The van der Waals surface area contributed by atoms with Crippen molar-refractivity contribution < 1.29 is 13.2 Å². The van der Waals surface area contributed by atoms with E-state index in [1.54, 1.807) is 0 Å². The zero-order chi connectivity index (χ0) is 19.2. The number of para-hydroxylation sites is 1. The average molecular weight is 414 g/mol. The Morgan fingerprint density at radius 3 is 2.11 bits per heavy atom. The minimum atomic E-state index is -4.35. The van der Waals surface area contributed by atoms with Crippen LogP contribution in [-0.4, -0.2) is 31.2 Å². The number of anilines is 2. The fraction of sp³-hybridized carbons (Fsp3) is 0.263. The number of aromatic amines is 1. The highest BCUT2D eigenvalue weighted by molar-refractivity contribution is 6.39. The lowest BCUT2D eigenvalue weighted by atomic mass is 10.1. The third-order valence-corrected chi connectivity index (χ3v) is 5.42. The molecular weight excluding hydrogens is 398 g/mol. The van der Waals surface area contributed by atoms with Gasteiger partial charge in [-0.25, -0.2) is 0 Å². The molecule has 0 unspecified atom stereocenters. The summed E-state index contributed by atoms with van der Waals surface area (Å²) in [6, 6.07) is 11.1. The molecule has 1 saturated heterocycles. The molecule has 1 aromatic heterocycles. The predicted molar refractivity (Wildman–Crippen MR) is 104 cm³/mol. The van der Waals surface area contributed by atoms with E-state index in [2.05, 4.69) is 14.8 Å². The number of halogens is 5. The van der Waals surface area contributed by atoms with E-state index in [4.69, 9.17) is 23.2 Å². The van der Waals surface area contributed by atoms with E-state index in [0.717, 1.165) is 29.0 Å². The van der Waals surface area contributed by atoms with Gasteiger partial charge in [0.05, 0.1) is 21.3 Å². The summed E-state index contributed by atoms with van der Waals surface area (Å²) in [6.45, 7) is 2.85. The summed E-state index contributed by atoms with van der Waals surface area (Å²) in [5.41, 5.74) is 0.657. The standard InChI is InChI=1S/C19H16Cl2F3N3/c20-14-2-1-3-15(21)18(14)27-8-6-26(7-9-27)17-10-12-4-5-13(19(22,23)24)11-16(12)25-17/h1-5,10-11,25H,6-9H2. The second-order valence-corrected chi connectivity index (χ2v) is 7.31. The molecule has 0 atom stereocenters. The molecule has 0 spiro atoms. The molecule has 1 aliphatic heterocycles.